The highest BCUT2D eigenvalue weighted by molar-refractivity contribution is 6.28. The van der Waals surface area contributed by atoms with Gasteiger partial charge >= 0.3 is 0 Å². The van der Waals surface area contributed by atoms with E-state index in [-0.39, 0.29) is 0 Å². The smallest absolute Gasteiger partial charge is 0.0978 e. The molecule has 0 aliphatic rings. The van der Waals surface area contributed by atoms with Gasteiger partial charge in [0.05, 0.1) is 77.9 Å². The first-order valence-corrected chi connectivity index (χ1v) is 40.7. The Bertz CT molecular complexity index is 8520. The lowest BCUT2D eigenvalue weighted by atomic mass is 9.86. The van der Waals surface area contributed by atoms with E-state index in [1.807, 2.05) is 24.5 Å². The lowest BCUT2D eigenvalue weighted by molar-refractivity contribution is 1.37. The zero-order valence-corrected chi connectivity index (χ0v) is 64.7. The third kappa shape index (κ3) is 11.1. The number of rotatable bonds is 8. The molecule has 0 N–H and O–H groups in total. The summed E-state index contributed by atoms with van der Waals surface area (Å²) >= 11 is 0. The fourth-order valence-electron chi connectivity index (χ4n) is 18.8. The molecule has 0 atom stereocenters. The van der Waals surface area contributed by atoms with Gasteiger partial charge in [-0.15, -0.1) is 0 Å². The first kappa shape index (κ1) is 68.3. The maximum absolute atomic E-state index is 5.55. The first-order chi connectivity index (χ1) is 59.5. The van der Waals surface area contributed by atoms with Crippen molar-refractivity contribution in [1.29, 1.82) is 0 Å². The van der Waals surface area contributed by atoms with Crippen LogP contribution in [0.15, 0.2) is 401 Å². The second-order valence-electron chi connectivity index (χ2n) is 31.0. The minimum atomic E-state index is 0.892. The van der Waals surface area contributed by atoms with Crippen LogP contribution in [0.3, 0.4) is 0 Å². The van der Waals surface area contributed by atoms with E-state index in [0.29, 0.717) is 0 Å². The summed E-state index contributed by atoms with van der Waals surface area (Å²) in [7, 11) is 0. The molecule has 0 radical (unpaired) electrons. The van der Waals surface area contributed by atoms with Gasteiger partial charge in [-0.1, -0.05) is 328 Å². The molecular weight excluding hydrogens is 1460 g/mol. The predicted octanol–water partition coefficient (Wildman–Crippen LogP) is 29.2. The molecular formula is C112H66N8. The normalized spacial score (nSPS) is 11.8. The summed E-state index contributed by atoms with van der Waals surface area (Å²) < 4.78 is 0. The predicted molar refractivity (Wildman–Crippen MR) is 501 cm³/mol. The molecule has 17 aromatic carbocycles. The van der Waals surface area contributed by atoms with Gasteiger partial charge in [0.15, 0.2) is 0 Å². The van der Waals surface area contributed by atoms with Crippen molar-refractivity contribution in [2.45, 2.75) is 0 Å². The Hall–Kier alpha value is -16.2. The maximum Gasteiger partial charge on any atom is 0.0978 e. The van der Waals surface area contributed by atoms with Crippen molar-refractivity contribution in [3.8, 4) is 89.5 Å². The number of fused-ring (bicyclic) bond motifs is 22. The van der Waals surface area contributed by atoms with Gasteiger partial charge < -0.3 is 0 Å². The monoisotopic (exact) mass is 1520 g/mol. The van der Waals surface area contributed by atoms with Gasteiger partial charge in [0, 0.05) is 99.6 Å². The van der Waals surface area contributed by atoms with Crippen LogP contribution in [0.25, 0.3) is 252 Å². The molecule has 0 aliphatic heterocycles. The highest BCUT2D eigenvalue weighted by atomic mass is 14.8. The van der Waals surface area contributed by atoms with Crippen molar-refractivity contribution in [2.24, 2.45) is 0 Å². The summed E-state index contributed by atoms with van der Waals surface area (Å²) in [6, 6.07) is 138. The quantitative estimate of drug-likeness (QED) is 0.109. The van der Waals surface area contributed by atoms with Crippen LogP contribution in [-0.4, -0.2) is 39.9 Å². The molecule has 8 aromatic heterocycles. The van der Waals surface area contributed by atoms with E-state index in [4.69, 9.17) is 39.9 Å². The van der Waals surface area contributed by atoms with Gasteiger partial charge in [-0.05, 0) is 148 Å². The van der Waals surface area contributed by atoms with E-state index in [0.717, 1.165) is 192 Å². The van der Waals surface area contributed by atoms with Gasteiger partial charge in [0.1, 0.15) is 0 Å². The van der Waals surface area contributed by atoms with Gasteiger partial charge in [-0.25, -0.2) is 29.9 Å². The zero-order chi connectivity index (χ0) is 78.9. The molecule has 8 heterocycles. The first-order valence-electron chi connectivity index (χ1n) is 40.7. The summed E-state index contributed by atoms with van der Waals surface area (Å²) in [4.78, 5) is 41.7. The molecule has 8 nitrogen and oxygen atoms in total. The number of benzene rings is 17. The Balaban J connectivity index is 0.000000137. The minimum Gasteiger partial charge on any atom is -0.254 e. The highest BCUT2D eigenvalue weighted by Gasteiger charge is 2.24. The summed E-state index contributed by atoms with van der Waals surface area (Å²) in [5.74, 6) is 0. The van der Waals surface area contributed by atoms with Crippen LogP contribution in [0, 0.1) is 0 Å². The van der Waals surface area contributed by atoms with Crippen molar-refractivity contribution in [2.75, 3.05) is 0 Å². The van der Waals surface area contributed by atoms with Crippen LogP contribution in [0.1, 0.15) is 0 Å². The lowest BCUT2D eigenvalue weighted by Crippen LogP contribution is -1.96. The van der Waals surface area contributed by atoms with Crippen LogP contribution < -0.4 is 0 Å². The molecule has 0 saturated carbocycles. The molecule has 0 spiro atoms. The molecule has 0 aliphatic carbocycles. The Morgan fingerprint density at radius 2 is 0.450 bits per heavy atom. The number of para-hydroxylation sites is 2. The largest absolute Gasteiger partial charge is 0.254 e. The van der Waals surface area contributed by atoms with E-state index in [2.05, 4.69) is 376 Å². The van der Waals surface area contributed by atoms with Crippen molar-refractivity contribution in [3.63, 3.8) is 0 Å². The molecule has 0 saturated heterocycles. The fraction of sp³-hybridized carbons (Fsp3) is 0. The molecule has 0 bridgehead atoms. The van der Waals surface area contributed by atoms with E-state index in [1.54, 1.807) is 0 Å². The third-order valence-electron chi connectivity index (χ3n) is 24.3. The van der Waals surface area contributed by atoms with E-state index < -0.39 is 0 Å². The molecule has 554 valence electrons. The Labute approximate surface area is 688 Å². The van der Waals surface area contributed by atoms with Crippen LogP contribution in [-0.2, 0) is 0 Å². The van der Waals surface area contributed by atoms with Crippen molar-refractivity contribution < 1.29 is 0 Å². The second kappa shape index (κ2) is 27.8. The van der Waals surface area contributed by atoms with E-state index in [1.165, 1.54) is 60.1 Å². The molecule has 0 amide bonds. The molecule has 25 aromatic rings. The van der Waals surface area contributed by atoms with Crippen LogP contribution in [0.5, 0.6) is 0 Å². The van der Waals surface area contributed by atoms with Gasteiger partial charge in [-0.3, -0.25) is 9.97 Å². The van der Waals surface area contributed by atoms with Crippen molar-refractivity contribution in [1.82, 2.24) is 39.9 Å². The van der Waals surface area contributed by atoms with Gasteiger partial charge in [0.2, 0.25) is 0 Å². The van der Waals surface area contributed by atoms with Crippen LogP contribution in [0.4, 0.5) is 0 Å². The second-order valence-corrected chi connectivity index (χ2v) is 31.0. The average Bonchev–Trinajstić information content (AvgIpc) is 0.716. The number of hydrogen-bond acceptors (Lipinski definition) is 8. The summed E-state index contributed by atoms with van der Waals surface area (Å²) in [5.41, 5.74) is 26.5. The number of pyridine rings is 8. The molecule has 8 heteroatoms. The van der Waals surface area contributed by atoms with Crippen molar-refractivity contribution in [3.05, 3.63) is 401 Å². The summed E-state index contributed by atoms with van der Waals surface area (Å²) in [6.45, 7) is 0. The topological polar surface area (TPSA) is 103 Å². The Morgan fingerprint density at radius 1 is 0.142 bits per heavy atom. The molecule has 0 unspecified atom stereocenters. The van der Waals surface area contributed by atoms with Gasteiger partial charge in [0.25, 0.3) is 0 Å². The van der Waals surface area contributed by atoms with Gasteiger partial charge in [-0.2, -0.15) is 0 Å². The Morgan fingerprint density at radius 3 is 0.908 bits per heavy atom. The minimum absolute atomic E-state index is 0.892. The van der Waals surface area contributed by atoms with E-state index in [9.17, 15) is 0 Å². The fourth-order valence-corrected chi connectivity index (χ4v) is 18.8. The van der Waals surface area contributed by atoms with Crippen LogP contribution in [0.2, 0.25) is 0 Å². The standard InChI is InChI=1S/C58H34N4.C54H32N4/c1-3-11-35(12-4-1)51-29-23-37-19-27-46-41(31-32-59-57(46)55(37)60-51)39-21-25-44-45-26-22-40(34-50(45)43-16-8-7-15-42(43)49(44)33-39)52-30-24-38-20-28-48-54(36-13-5-2-6-14-36)47-17-9-10-18-53(47)62-58(48)56(38)61-52;1-3-13-33(14-4-1)45-29-25-35-23-27-42-41(31-32-55-53(42)51(35)56-45)49-37-17-7-9-19-39(37)50(40-20-10-8-18-38(40)49)47-30-26-36-24-28-44-48(34-15-5-2-6-16-34)43-21-11-12-22-46(43)57-54(44)52(36)58-47/h1-34H;1-32H. The number of nitrogens with zero attached hydrogens (tertiary/aromatic N) is 8. The SMILES string of the molecule is c1ccc(-c2ccc3ccc4c(-c5c6ccccc6c(-c6ccc7ccc8c(-c9ccccc9)c9ccccc9nc8c7n6)c6ccccc56)ccnc4c3n2)cc1.c1ccc(-c2ccc3ccc4c(-c5ccc6c7ccc(-c8ccc9ccc%10c(-c%11ccccc%11)c%11ccccc%11nc%10c9n8)cc7c7ccccc7c6c5)ccnc4c3n2)cc1. The van der Waals surface area contributed by atoms with E-state index >= 15 is 0 Å². The highest BCUT2D eigenvalue weighted by Crippen LogP contribution is 2.49. The molecule has 25 rings (SSSR count). The Kier molecular flexibility index (Phi) is 15.8. The van der Waals surface area contributed by atoms with Crippen molar-refractivity contribution >= 4 is 163 Å². The zero-order valence-electron chi connectivity index (χ0n) is 64.7. The molecule has 120 heavy (non-hydrogen) atoms. The number of hydrogen-bond donors (Lipinski definition) is 0. The average molecular weight is 1520 g/mol. The van der Waals surface area contributed by atoms with Crippen LogP contribution >= 0.6 is 0 Å². The lowest BCUT2D eigenvalue weighted by Gasteiger charge is -2.19. The third-order valence-corrected chi connectivity index (χ3v) is 24.3. The summed E-state index contributed by atoms with van der Waals surface area (Å²) in [6.07, 6.45) is 3.85. The molecule has 0 fully saturated rings. The summed E-state index contributed by atoms with van der Waals surface area (Å²) in [5, 5.41) is 22.8. The number of aromatic nitrogens is 8. The maximum atomic E-state index is 5.55.